The minimum atomic E-state index is -4.51. The standard InChI is InChI=1S/C25H30F3N3O3/c26-25(27,28)19-7-3-5-18(15-19)22(24(32)33)31-13-11-21(16-31)34-14-2-1-8-20-10-9-17-6-4-12-29-23(17)30-20/h3,5,7,9-10,15,21-22H,1-2,4,6,8,11-14,16H2,(H,29,30)(H,32,33). The predicted octanol–water partition coefficient (Wildman–Crippen LogP) is 4.70. The van der Waals surface area contributed by atoms with E-state index in [1.54, 1.807) is 4.90 Å². The van der Waals surface area contributed by atoms with Gasteiger partial charge < -0.3 is 15.2 Å². The SMILES string of the molecule is O=C(O)C(c1cccc(C(F)(F)F)c1)N1CCC(OCCCCc2ccc3c(n2)NCCC3)C1. The third kappa shape index (κ3) is 6.07. The van der Waals surface area contributed by atoms with Gasteiger partial charge in [-0.2, -0.15) is 13.2 Å². The van der Waals surface area contributed by atoms with Crippen LogP contribution < -0.4 is 5.32 Å². The van der Waals surface area contributed by atoms with Gasteiger partial charge in [0.15, 0.2) is 0 Å². The van der Waals surface area contributed by atoms with Crippen LogP contribution >= 0.6 is 0 Å². The fourth-order valence-corrected chi connectivity index (χ4v) is 4.69. The Morgan fingerprint density at radius 2 is 2.12 bits per heavy atom. The van der Waals surface area contributed by atoms with Gasteiger partial charge in [-0.15, -0.1) is 0 Å². The van der Waals surface area contributed by atoms with Crippen LogP contribution in [0.5, 0.6) is 0 Å². The number of carboxylic acids is 1. The number of aliphatic carboxylic acids is 1. The van der Waals surface area contributed by atoms with Gasteiger partial charge in [-0.05, 0) is 67.9 Å². The number of aromatic nitrogens is 1. The Morgan fingerprint density at radius 3 is 2.91 bits per heavy atom. The molecule has 0 bridgehead atoms. The summed E-state index contributed by atoms with van der Waals surface area (Å²) in [5.74, 6) is -0.160. The number of hydrogen-bond donors (Lipinski definition) is 2. The summed E-state index contributed by atoms with van der Waals surface area (Å²) in [6.45, 7) is 2.37. The van der Waals surface area contributed by atoms with E-state index in [0.717, 1.165) is 62.3 Å². The Morgan fingerprint density at radius 1 is 1.26 bits per heavy atom. The van der Waals surface area contributed by atoms with E-state index in [1.807, 2.05) is 0 Å². The minimum absolute atomic E-state index is 0.126. The second kappa shape index (κ2) is 10.7. The molecule has 9 heteroatoms. The monoisotopic (exact) mass is 477 g/mol. The van der Waals surface area contributed by atoms with Crippen molar-refractivity contribution in [1.29, 1.82) is 0 Å². The number of nitrogens with zero attached hydrogens (tertiary/aromatic N) is 2. The van der Waals surface area contributed by atoms with Crippen LogP contribution in [0.25, 0.3) is 0 Å². The number of anilines is 1. The Hall–Kier alpha value is -2.65. The number of halogens is 3. The number of carbonyl (C=O) groups is 1. The number of nitrogens with one attached hydrogen (secondary N) is 1. The van der Waals surface area contributed by atoms with Crippen LogP contribution in [-0.2, 0) is 28.5 Å². The van der Waals surface area contributed by atoms with Gasteiger partial charge in [0.2, 0.25) is 0 Å². The highest BCUT2D eigenvalue weighted by Gasteiger charge is 2.36. The van der Waals surface area contributed by atoms with Crippen molar-refractivity contribution in [2.24, 2.45) is 0 Å². The molecule has 2 aliphatic rings. The van der Waals surface area contributed by atoms with Gasteiger partial charge in [-0.25, -0.2) is 4.98 Å². The fourth-order valence-electron chi connectivity index (χ4n) is 4.69. The zero-order valence-electron chi connectivity index (χ0n) is 19.0. The van der Waals surface area contributed by atoms with Crippen LogP contribution in [0.2, 0.25) is 0 Å². The summed E-state index contributed by atoms with van der Waals surface area (Å²) in [6.07, 6.45) is 0.880. The number of aryl methyl sites for hydroxylation is 2. The summed E-state index contributed by atoms with van der Waals surface area (Å²) >= 11 is 0. The molecule has 1 aromatic heterocycles. The molecule has 0 radical (unpaired) electrons. The number of carboxylic acid groups (broad SMARTS) is 1. The summed E-state index contributed by atoms with van der Waals surface area (Å²) in [6, 6.07) is 7.68. The number of unbranched alkanes of at least 4 members (excludes halogenated alkanes) is 1. The summed E-state index contributed by atoms with van der Waals surface area (Å²) in [4.78, 5) is 18.3. The lowest BCUT2D eigenvalue weighted by atomic mass is 10.0. The summed E-state index contributed by atoms with van der Waals surface area (Å²) in [5, 5.41) is 13.1. The van der Waals surface area contributed by atoms with Crippen molar-refractivity contribution in [3.05, 3.63) is 58.8 Å². The van der Waals surface area contributed by atoms with E-state index < -0.39 is 23.8 Å². The third-order valence-corrected chi connectivity index (χ3v) is 6.44. The van der Waals surface area contributed by atoms with Gasteiger partial charge in [0.05, 0.1) is 11.7 Å². The molecule has 1 saturated heterocycles. The van der Waals surface area contributed by atoms with E-state index in [4.69, 9.17) is 9.72 Å². The van der Waals surface area contributed by atoms with Crippen molar-refractivity contribution in [2.45, 2.75) is 56.8 Å². The first-order chi connectivity index (χ1) is 16.3. The first kappa shape index (κ1) is 24.5. The number of alkyl halides is 3. The molecule has 0 saturated carbocycles. The molecule has 2 aromatic rings. The van der Waals surface area contributed by atoms with E-state index in [-0.39, 0.29) is 11.7 Å². The smallest absolute Gasteiger partial charge is 0.416 e. The van der Waals surface area contributed by atoms with Gasteiger partial charge in [0, 0.05) is 31.9 Å². The predicted molar refractivity (Wildman–Crippen MR) is 122 cm³/mol. The second-order valence-corrected chi connectivity index (χ2v) is 8.94. The maximum absolute atomic E-state index is 13.1. The zero-order chi connectivity index (χ0) is 24.1. The highest BCUT2D eigenvalue weighted by molar-refractivity contribution is 5.75. The number of fused-ring (bicyclic) bond motifs is 1. The van der Waals surface area contributed by atoms with Crippen LogP contribution in [0, 0.1) is 0 Å². The highest BCUT2D eigenvalue weighted by Crippen LogP contribution is 2.33. The van der Waals surface area contributed by atoms with Crippen molar-refractivity contribution < 1.29 is 27.8 Å². The molecule has 2 unspecified atom stereocenters. The maximum atomic E-state index is 13.1. The van der Waals surface area contributed by atoms with E-state index in [0.29, 0.717) is 26.1 Å². The Kier molecular flexibility index (Phi) is 7.73. The lowest BCUT2D eigenvalue weighted by Crippen LogP contribution is -2.33. The van der Waals surface area contributed by atoms with Crippen LogP contribution in [-0.4, -0.2) is 53.3 Å². The molecule has 184 valence electrons. The minimum Gasteiger partial charge on any atom is -0.480 e. The van der Waals surface area contributed by atoms with Crippen molar-refractivity contribution in [2.75, 3.05) is 31.6 Å². The van der Waals surface area contributed by atoms with Crippen molar-refractivity contribution >= 4 is 11.8 Å². The normalized spacial score (nSPS) is 19.4. The molecule has 1 aromatic carbocycles. The summed E-state index contributed by atoms with van der Waals surface area (Å²) < 4.78 is 45.2. The number of pyridine rings is 1. The molecule has 2 N–H and O–H groups in total. The largest absolute Gasteiger partial charge is 0.480 e. The average molecular weight is 478 g/mol. The van der Waals surface area contributed by atoms with Gasteiger partial charge in [0.1, 0.15) is 11.9 Å². The van der Waals surface area contributed by atoms with Gasteiger partial charge in [0.25, 0.3) is 0 Å². The molecule has 2 atom stereocenters. The van der Waals surface area contributed by atoms with Gasteiger partial charge in [-0.3, -0.25) is 9.69 Å². The zero-order valence-corrected chi connectivity index (χ0v) is 19.0. The Balaban J connectivity index is 1.24. The number of ether oxygens (including phenoxy) is 1. The molecular weight excluding hydrogens is 447 g/mol. The van der Waals surface area contributed by atoms with E-state index in [1.165, 1.54) is 17.7 Å². The molecule has 6 nitrogen and oxygen atoms in total. The molecule has 0 aliphatic carbocycles. The van der Waals surface area contributed by atoms with E-state index in [2.05, 4.69) is 17.4 Å². The lowest BCUT2D eigenvalue weighted by molar-refractivity contribution is -0.144. The molecule has 1 fully saturated rings. The van der Waals surface area contributed by atoms with Gasteiger partial charge >= 0.3 is 12.1 Å². The number of likely N-dealkylation sites (tertiary alicyclic amines) is 1. The maximum Gasteiger partial charge on any atom is 0.416 e. The molecule has 0 amide bonds. The highest BCUT2D eigenvalue weighted by atomic mass is 19.4. The molecular formula is C25H30F3N3O3. The lowest BCUT2D eigenvalue weighted by Gasteiger charge is -2.25. The van der Waals surface area contributed by atoms with Crippen molar-refractivity contribution in [3.63, 3.8) is 0 Å². The fraction of sp³-hybridized carbons (Fsp3) is 0.520. The molecule has 4 rings (SSSR count). The average Bonchev–Trinajstić information content (AvgIpc) is 3.26. The third-order valence-electron chi connectivity index (χ3n) is 6.44. The topological polar surface area (TPSA) is 74.7 Å². The summed E-state index contributed by atoms with van der Waals surface area (Å²) in [5.41, 5.74) is 1.63. The second-order valence-electron chi connectivity index (χ2n) is 8.94. The number of hydrogen-bond acceptors (Lipinski definition) is 5. The number of benzene rings is 1. The van der Waals surface area contributed by atoms with Crippen molar-refractivity contribution in [1.82, 2.24) is 9.88 Å². The van der Waals surface area contributed by atoms with Crippen LogP contribution in [0.3, 0.4) is 0 Å². The Bertz CT molecular complexity index is 999. The molecule has 2 aliphatic heterocycles. The van der Waals surface area contributed by atoms with Gasteiger partial charge in [-0.1, -0.05) is 18.2 Å². The van der Waals surface area contributed by atoms with E-state index in [9.17, 15) is 23.1 Å². The molecule has 3 heterocycles. The first-order valence-corrected chi connectivity index (χ1v) is 11.8. The first-order valence-electron chi connectivity index (χ1n) is 11.8. The summed E-state index contributed by atoms with van der Waals surface area (Å²) in [7, 11) is 0. The van der Waals surface area contributed by atoms with Crippen LogP contribution in [0.15, 0.2) is 36.4 Å². The molecule has 34 heavy (non-hydrogen) atoms. The van der Waals surface area contributed by atoms with E-state index >= 15 is 0 Å². The van der Waals surface area contributed by atoms with Crippen molar-refractivity contribution in [3.8, 4) is 0 Å². The van der Waals surface area contributed by atoms with Crippen LogP contribution in [0.4, 0.5) is 19.0 Å². The molecule has 0 spiro atoms. The Labute approximate surface area is 197 Å². The quantitative estimate of drug-likeness (QED) is 0.510. The van der Waals surface area contributed by atoms with Crippen LogP contribution in [0.1, 0.15) is 54.1 Å². The number of rotatable bonds is 9.